The van der Waals surface area contributed by atoms with Crippen molar-refractivity contribution in [1.82, 2.24) is 19.9 Å². The molecule has 3 saturated heterocycles. The number of H-pyrrole nitrogens is 2. The summed E-state index contributed by atoms with van der Waals surface area (Å²) in [6.45, 7) is 3.41. The summed E-state index contributed by atoms with van der Waals surface area (Å²) in [4.78, 5) is 26.8. The summed E-state index contributed by atoms with van der Waals surface area (Å²) < 4.78 is 0. The van der Waals surface area contributed by atoms with Crippen LogP contribution in [0.15, 0.2) is 53.3 Å². The van der Waals surface area contributed by atoms with E-state index in [4.69, 9.17) is 4.98 Å². The van der Waals surface area contributed by atoms with Crippen LogP contribution < -0.4 is 10.9 Å². The van der Waals surface area contributed by atoms with E-state index in [0.29, 0.717) is 23.3 Å². The molecule has 0 saturated carbocycles. The van der Waals surface area contributed by atoms with Crippen LogP contribution in [0.2, 0.25) is 0 Å². The van der Waals surface area contributed by atoms with Gasteiger partial charge in [0.15, 0.2) is 0 Å². The first-order valence-electron chi connectivity index (χ1n) is 10.4. The summed E-state index contributed by atoms with van der Waals surface area (Å²) in [5.41, 5.74) is 4.01. The maximum Gasteiger partial charge on any atom is 0.261 e. The molecule has 2 aromatic carbocycles. The number of para-hydroxylation sites is 3. The fourth-order valence-electron chi connectivity index (χ4n) is 5.00. The minimum atomic E-state index is -0.119. The number of pyridine rings is 1. The number of nitrogens with zero attached hydrogens (tertiary/aromatic N) is 2. The molecule has 0 amide bonds. The van der Waals surface area contributed by atoms with E-state index in [9.17, 15) is 4.79 Å². The average Bonchev–Trinajstić information content (AvgIpc) is 3.18. The van der Waals surface area contributed by atoms with Gasteiger partial charge in [0.05, 0.1) is 22.2 Å². The highest BCUT2D eigenvalue weighted by atomic mass is 16.1. The van der Waals surface area contributed by atoms with Gasteiger partial charge >= 0.3 is 0 Å². The van der Waals surface area contributed by atoms with Crippen molar-refractivity contribution in [3.05, 3.63) is 58.9 Å². The van der Waals surface area contributed by atoms with Gasteiger partial charge in [-0.25, -0.2) is 4.98 Å². The number of imidazole rings is 1. The molecule has 7 rings (SSSR count). The van der Waals surface area contributed by atoms with Crippen molar-refractivity contribution >= 4 is 27.6 Å². The number of nitrogens with one attached hydrogen (secondary N) is 3. The molecule has 3 aliphatic rings. The average molecular weight is 385 g/mol. The Kier molecular flexibility index (Phi) is 3.74. The number of aromatic amines is 2. The number of hydrogen-bond donors (Lipinski definition) is 3. The second-order valence-corrected chi connectivity index (χ2v) is 8.24. The fourth-order valence-corrected chi connectivity index (χ4v) is 5.00. The molecule has 6 nitrogen and oxygen atoms in total. The molecule has 29 heavy (non-hydrogen) atoms. The molecule has 3 N–H and O–H groups in total. The van der Waals surface area contributed by atoms with Gasteiger partial charge in [0.2, 0.25) is 0 Å². The maximum atomic E-state index is 13.2. The summed E-state index contributed by atoms with van der Waals surface area (Å²) in [6.07, 6.45) is 2.44. The van der Waals surface area contributed by atoms with E-state index in [0.717, 1.165) is 34.2 Å². The molecule has 2 bridgehead atoms. The smallest absolute Gasteiger partial charge is 0.261 e. The van der Waals surface area contributed by atoms with Gasteiger partial charge in [-0.3, -0.25) is 4.79 Å². The van der Waals surface area contributed by atoms with Crippen LogP contribution >= 0.6 is 0 Å². The minimum Gasteiger partial charge on any atom is -0.379 e. The predicted molar refractivity (Wildman–Crippen MR) is 116 cm³/mol. The Morgan fingerprint density at radius 2 is 1.72 bits per heavy atom. The lowest BCUT2D eigenvalue weighted by atomic mass is 9.83. The molecule has 1 atom stereocenters. The topological polar surface area (TPSA) is 76.8 Å². The third-order valence-corrected chi connectivity index (χ3v) is 6.53. The fraction of sp³-hybridized carbons (Fsp3) is 0.304. The van der Waals surface area contributed by atoms with Gasteiger partial charge in [0, 0.05) is 18.0 Å². The molecular weight excluding hydrogens is 362 g/mol. The summed E-state index contributed by atoms with van der Waals surface area (Å²) in [5.74, 6) is 1.27. The van der Waals surface area contributed by atoms with Gasteiger partial charge in [-0.2, -0.15) is 0 Å². The van der Waals surface area contributed by atoms with E-state index < -0.39 is 0 Å². The highest BCUT2D eigenvalue weighted by Crippen LogP contribution is 2.35. The number of piperidine rings is 3. The van der Waals surface area contributed by atoms with Crippen LogP contribution in [0.5, 0.6) is 0 Å². The molecule has 0 aliphatic carbocycles. The van der Waals surface area contributed by atoms with Gasteiger partial charge in [-0.1, -0.05) is 30.3 Å². The van der Waals surface area contributed by atoms with Gasteiger partial charge in [0.1, 0.15) is 11.4 Å². The molecule has 3 aliphatic heterocycles. The summed E-state index contributed by atoms with van der Waals surface area (Å²) >= 11 is 0. The van der Waals surface area contributed by atoms with E-state index >= 15 is 0 Å². The summed E-state index contributed by atoms with van der Waals surface area (Å²) in [5, 5.41) is 4.81. The Hall–Kier alpha value is -3.12. The van der Waals surface area contributed by atoms with E-state index in [1.54, 1.807) is 0 Å². The van der Waals surface area contributed by atoms with Crippen molar-refractivity contribution in [1.29, 1.82) is 0 Å². The first kappa shape index (κ1) is 16.8. The number of anilines is 1. The Morgan fingerprint density at radius 3 is 2.48 bits per heavy atom. The highest BCUT2D eigenvalue weighted by Gasteiger charge is 2.35. The molecule has 6 heteroatoms. The SMILES string of the molecule is O=c1[nH]c2ccccc2c(N[C@@H]2CN3CCC2CC3)c1-c1nc2ccccc2[nH]1. The lowest BCUT2D eigenvalue weighted by Gasteiger charge is -2.45. The van der Waals surface area contributed by atoms with Crippen LogP contribution in [0.3, 0.4) is 0 Å². The first-order chi connectivity index (χ1) is 14.3. The van der Waals surface area contributed by atoms with Crippen molar-refractivity contribution in [3.8, 4) is 11.4 Å². The van der Waals surface area contributed by atoms with Gasteiger partial charge in [-0.15, -0.1) is 0 Å². The van der Waals surface area contributed by atoms with Crippen LogP contribution in [0, 0.1) is 5.92 Å². The largest absolute Gasteiger partial charge is 0.379 e. The molecule has 0 unspecified atom stereocenters. The zero-order valence-electron chi connectivity index (χ0n) is 16.1. The van der Waals surface area contributed by atoms with E-state index in [-0.39, 0.29) is 5.56 Å². The van der Waals surface area contributed by atoms with Crippen molar-refractivity contribution in [2.45, 2.75) is 18.9 Å². The maximum absolute atomic E-state index is 13.2. The Labute approximate surface area is 168 Å². The molecular formula is C23H23N5O. The Balaban J connectivity index is 1.55. The molecule has 3 fully saturated rings. The van der Waals surface area contributed by atoms with Crippen molar-refractivity contribution in [2.75, 3.05) is 25.0 Å². The van der Waals surface area contributed by atoms with Gasteiger partial charge < -0.3 is 20.2 Å². The van der Waals surface area contributed by atoms with Gasteiger partial charge in [0.25, 0.3) is 5.56 Å². The molecule has 5 heterocycles. The summed E-state index contributed by atoms with van der Waals surface area (Å²) in [7, 11) is 0. The second kappa shape index (κ2) is 6.46. The summed E-state index contributed by atoms with van der Waals surface area (Å²) in [6, 6.07) is 16.2. The first-order valence-corrected chi connectivity index (χ1v) is 10.4. The van der Waals surface area contributed by atoms with Gasteiger partial charge in [-0.05, 0) is 50.0 Å². The minimum absolute atomic E-state index is 0.119. The number of fused-ring (bicyclic) bond motifs is 5. The van der Waals surface area contributed by atoms with E-state index in [1.807, 2.05) is 42.5 Å². The Bertz CT molecular complexity index is 1230. The van der Waals surface area contributed by atoms with Crippen molar-refractivity contribution in [3.63, 3.8) is 0 Å². The predicted octanol–water partition coefficient (Wildman–Crippen LogP) is 3.58. The third-order valence-electron chi connectivity index (χ3n) is 6.53. The number of aromatic nitrogens is 3. The van der Waals surface area contributed by atoms with E-state index in [1.165, 1.54) is 25.9 Å². The lowest BCUT2D eigenvalue weighted by Crippen LogP contribution is -2.53. The zero-order chi connectivity index (χ0) is 19.4. The van der Waals surface area contributed by atoms with Crippen LogP contribution in [0.25, 0.3) is 33.3 Å². The van der Waals surface area contributed by atoms with Crippen LogP contribution in [0.4, 0.5) is 5.69 Å². The number of rotatable bonds is 3. The normalized spacial score (nSPS) is 23.7. The molecule has 146 valence electrons. The number of benzene rings is 2. The molecule has 0 radical (unpaired) electrons. The molecule has 2 aromatic heterocycles. The van der Waals surface area contributed by atoms with Crippen molar-refractivity contribution < 1.29 is 0 Å². The second-order valence-electron chi connectivity index (χ2n) is 8.24. The van der Waals surface area contributed by atoms with Crippen LogP contribution in [-0.2, 0) is 0 Å². The highest BCUT2D eigenvalue weighted by molar-refractivity contribution is 5.99. The van der Waals surface area contributed by atoms with Crippen LogP contribution in [0.1, 0.15) is 12.8 Å². The monoisotopic (exact) mass is 385 g/mol. The zero-order valence-corrected chi connectivity index (χ0v) is 16.1. The standard InChI is InChI=1S/C23H23N5O/c29-23-20(22-25-17-7-3-4-8-18(17)26-22)21(15-5-1-2-6-16(15)27-23)24-19-13-28-11-9-14(19)10-12-28/h1-8,14,19H,9-13H2,(H,25,26)(H2,24,27,29)/t19-/m1/s1. The molecule has 0 spiro atoms. The van der Waals surface area contributed by atoms with E-state index in [2.05, 4.69) is 26.3 Å². The quantitative estimate of drug-likeness (QED) is 0.504. The Morgan fingerprint density at radius 1 is 0.966 bits per heavy atom. The molecule has 4 aromatic rings. The van der Waals surface area contributed by atoms with Crippen LogP contribution in [-0.4, -0.2) is 45.5 Å². The lowest BCUT2D eigenvalue weighted by molar-refractivity contribution is 0.0976. The third kappa shape index (κ3) is 2.75. The van der Waals surface area contributed by atoms with Crippen molar-refractivity contribution in [2.24, 2.45) is 5.92 Å². The number of hydrogen-bond acceptors (Lipinski definition) is 4.